The third-order valence-electron chi connectivity index (χ3n) is 6.79. The molecule has 0 aromatic heterocycles. The summed E-state index contributed by atoms with van der Waals surface area (Å²) in [6, 6.07) is 18.4. The van der Waals surface area contributed by atoms with Crippen molar-refractivity contribution in [3.63, 3.8) is 0 Å². The predicted molar refractivity (Wildman–Crippen MR) is 121 cm³/mol. The van der Waals surface area contributed by atoms with Gasteiger partial charge < -0.3 is 5.11 Å². The summed E-state index contributed by atoms with van der Waals surface area (Å²) in [7, 11) is 0. The largest absolute Gasteiger partial charge is 0.478 e. The van der Waals surface area contributed by atoms with Crippen LogP contribution in [0.1, 0.15) is 93.0 Å². The van der Waals surface area contributed by atoms with Crippen molar-refractivity contribution < 1.29 is 9.90 Å². The van der Waals surface area contributed by atoms with Crippen molar-refractivity contribution in [1.29, 1.82) is 5.26 Å². The highest BCUT2D eigenvalue weighted by atomic mass is 16.4. The summed E-state index contributed by atoms with van der Waals surface area (Å²) >= 11 is 0. The number of rotatable bonds is 9. The van der Waals surface area contributed by atoms with Crippen LogP contribution in [0.2, 0.25) is 0 Å². The second kappa shape index (κ2) is 10.4. The molecule has 0 atom stereocenters. The summed E-state index contributed by atoms with van der Waals surface area (Å²) < 4.78 is 0. The molecule has 1 N–H and O–H groups in total. The van der Waals surface area contributed by atoms with Crippen molar-refractivity contribution in [2.45, 2.75) is 77.0 Å². The Morgan fingerprint density at radius 1 is 0.967 bits per heavy atom. The van der Waals surface area contributed by atoms with Gasteiger partial charge in [-0.25, -0.2) is 4.79 Å². The number of benzene rings is 2. The van der Waals surface area contributed by atoms with Gasteiger partial charge in [-0.2, -0.15) is 5.26 Å². The fourth-order valence-electron chi connectivity index (χ4n) is 4.74. The molecule has 1 aliphatic carbocycles. The first-order valence-corrected chi connectivity index (χ1v) is 11.4. The summed E-state index contributed by atoms with van der Waals surface area (Å²) in [5, 5.41) is 18.9. The molecule has 3 rings (SSSR count). The Balaban J connectivity index is 1.56. The Labute approximate surface area is 180 Å². The smallest absolute Gasteiger partial charge is 0.335 e. The van der Waals surface area contributed by atoms with Crippen LogP contribution in [0.15, 0.2) is 48.5 Å². The first-order chi connectivity index (χ1) is 14.6. The van der Waals surface area contributed by atoms with Crippen LogP contribution < -0.4 is 0 Å². The van der Waals surface area contributed by atoms with Gasteiger partial charge in [0.2, 0.25) is 0 Å². The molecule has 30 heavy (non-hydrogen) atoms. The van der Waals surface area contributed by atoms with Gasteiger partial charge >= 0.3 is 5.97 Å². The van der Waals surface area contributed by atoms with Crippen LogP contribution in [-0.2, 0) is 0 Å². The second-order valence-electron chi connectivity index (χ2n) is 8.84. The van der Waals surface area contributed by atoms with Gasteiger partial charge in [0, 0.05) is 0 Å². The van der Waals surface area contributed by atoms with E-state index >= 15 is 0 Å². The van der Waals surface area contributed by atoms with Crippen LogP contribution in [-0.4, -0.2) is 11.1 Å². The number of carboxylic acids is 1. The van der Waals surface area contributed by atoms with E-state index in [1.165, 1.54) is 37.7 Å². The molecule has 0 amide bonds. The Morgan fingerprint density at radius 3 is 2.07 bits per heavy atom. The average Bonchev–Trinajstić information content (AvgIpc) is 2.79. The van der Waals surface area contributed by atoms with E-state index in [2.05, 4.69) is 37.3 Å². The van der Waals surface area contributed by atoms with Crippen molar-refractivity contribution >= 4 is 5.97 Å². The molecule has 0 spiro atoms. The number of carbonyl (C=O) groups is 1. The minimum absolute atomic E-state index is 0.103. The highest BCUT2D eigenvalue weighted by Crippen LogP contribution is 2.45. The van der Waals surface area contributed by atoms with Crippen molar-refractivity contribution in [2.24, 2.45) is 5.41 Å². The second-order valence-corrected chi connectivity index (χ2v) is 8.84. The highest BCUT2D eigenvalue weighted by molar-refractivity contribution is 5.88. The molecular weight excluding hydrogens is 370 g/mol. The van der Waals surface area contributed by atoms with Gasteiger partial charge in [0.25, 0.3) is 0 Å². The number of nitrogens with zero attached hydrogens (tertiary/aromatic N) is 1. The fraction of sp³-hybridized carbons (Fsp3) is 0.481. The van der Waals surface area contributed by atoms with E-state index in [1.54, 1.807) is 12.1 Å². The Kier molecular flexibility index (Phi) is 7.69. The van der Waals surface area contributed by atoms with E-state index in [1.807, 2.05) is 12.1 Å². The Bertz CT molecular complexity index is 853. The molecule has 0 unspecified atom stereocenters. The van der Waals surface area contributed by atoms with Gasteiger partial charge in [-0.3, -0.25) is 0 Å². The topological polar surface area (TPSA) is 61.1 Å². The quantitative estimate of drug-likeness (QED) is 0.439. The van der Waals surface area contributed by atoms with Crippen LogP contribution in [0.3, 0.4) is 0 Å². The van der Waals surface area contributed by atoms with Gasteiger partial charge in [-0.15, -0.1) is 0 Å². The van der Waals surface area contributed by atoms with E-state index in [0.717, 1.165) is 43.2 Å². The molecule has 0 heterocycles. The van der Waals surface area contributed by atoms with E-state index in [-0.39, 0.29) is 5.41 Å². The van der Waals surface area contributed by atoms with Gasteiger partial charge in [0.15, 0.2) is 0 Å². The molecule has 1 saturated carbocycles. The van der Waals surface area contributed by atoms with E-state index in [4.69, 9.17) is 5.11 Å². The zero-order valence-electron chi connectivity index (χ0n) is 18.1. The molecule has 0 saturated heterocycles. The zero-order chi connectivity index (χ0) is 21.4. The van der Waals surface area contributed by atoms with Crippen LogP contribution in [0, 0.1) is 16.7 Å². The standard InChI is InChI=1S/C27H33NO2/c1-2-3-4-5-6-17-27(20-28)18-15-24(16-19-27)23-9-7-21(8-10-23)22-11-13-25(14-12-22)26(29)30/h7-14,24H,2-6,15-19H2,1H3,(H,29,30). The van der Waals surface area contributed by atoms with E-state index in [9.17, 15) is 10.1 Å². The first kappa shape index (κ1) is 22.1. The average molecular weight is 404 g/mol. The number of hydrogen-bond donors (Lipinski definition) is 1. The summed E-state index contributed by atoms with van der Waals surface area (Å²) in [6.45, 7) is 2.24. The lowest BCUT2D eigenvalue weighted by atomic mass is 9.67. The Morgan fingerprint density at radius 2 is 1.53 bits per heavy atom. The van der Waals surface area contributed by atoms with Crippen molar-refractivity contribution in [3.05, 3.63) is 59.7 Å². The number of carboxylic acid groups (broad SMARTS) is 1. The number of nitriles is 1. The zero-order valence-corrected chi connectivity index (χ0v) is 18.1. The number of aromatic carboxylic acids is 1. The lowest BCUT2D eigenvalue weighted by Crippen LogP contribution is -2.25. The van der Waals surface area contributed by atoms with Crippen LogP contribution in [0.25, 0.3) is 11.1 Å². The molecule has 3 nitrogen and oxygen atoms in total. The SMILES string of the molecule is CCCCCCCC1(C#N)CCC(c2ccc(-c3ccc(C(=O)O)cc3)cc2)CC1. The summed E-state index contributed by atoms with van der Waals surface area (Å²) in [5.74, 6) is -0.362. The molecule has 0 radical (unpaired) electrons. The lowest BCUT2D eigenvalue weighted by Gasteiger charge is -2.35. The minimum atomic E-state index is -0.899. The van der Waals surface area contributed by atoms with Crippen molar-refractivity contribution in [3.8, 4) is 17.2 Å². The molecular formula is C27H33NO2. The number of unbranched alkanes of at least 4 members (excludes halogenated alkanes) is 4. The molecule has 1 aliphatic rings. The fourth-order valence-corrected chi connectivity index (χ4v) is 4.74. The van der Waals surface area contributed by atoms with E-state index in [0.29, 0.717) is 11.5 Å². The van der Waals surface area contributed by atoms with Gasteiger partial charge in [0.1, 0.15) is 0 Å². The van der Waals surface area contributed by atoms with Crippen LogP contribution >= 0.6 is 0 Å². The molecule has 2 aromatic carbocycles. The third kappa shape index (κ3) is 5.51. The summed E-state index contributed by atoms with van der Waals surface area (Å²) in [5.41, 5.74) is 3.69. The minimum Gasteiger partial charge on any atom is -0.478 e. The van der Waals surface area contributed by atoms with Gasteiger partial charge in [0.05, 0.1) is 17.0 Å². The molecule has 0 aliphatic heterocycles. The molecule has 1 fully saturated rings. The third-order valence-corrected chi connectivity index (χ3v) is 6.79. The highest BCUT2D eigenvalue weighted by Gasteiger charge is 2.35. The number of hydrogen-bond acceptors (Lipinski definition) is 2. The van der Waals surface area contributed by atoms with Gasteiger partial charge in [-0.1, -0.05) is 75.4 Å². The maximum Gasteiger partial charge on any atom is 0.335 e. The van der Waals surface area contributed by atoms with Gasteiger partial charge in [-0.05, 0) is 66.8 Å². The first-order valence-electron chi connectivity index (χ1n) is 11.4. The Hall–Kier alpha value is -2.60. The van der Waals surface area contributed by atoms with Crippen molar-refractivity contribution in [2.75, 3.05) is 0 Å². The van der Waals surface area contributed by atoms with Crippen LogP contribution in [0.4, 0.5) is 0 Å². The van der Waals surface area contributed by atoms with Crippen molar-refractivity contribution in [1.82, 2.24) is 0 Å². The lowest BCUT2D eigenvalue weighted by molar-refractivity contribution is 0.0697. The summed E-state index contributed by atoms with van der Waals surface area (Å²) in [6.07, 6.45) is 11.6. The maximum atomic E-state index is 11.0. The predicted octanol–water partition coefficient (Wildman–Crippen LogP) is 7.58. The maximum absolute atomic E-state index is 11.0. The monoisotopic (exact) mass is 403 g/mol. The molecule has 2 aromatic rings. The van der Waals surface area contributed by atoms with Crippen LogP contribution in [0.5, 0.6) is 0 Å². The molecule has 3 heteroatoms. The summed E-state index contributed by atoms with van der Waals surface area (Å²) in [4.78, 5) is 11.0. The molecule has 158 valence electrons. The molecule has 0 bridgehead atoms. The normalized spacial score (nSPS) is 21.1. The van der Waals surface area contributed by atoms with E-state index < -0.39 is 5.97 Å².